The number of amides is 1. The number of rotatable bonds is 3. The number of carbonyl (C=O) groups excluding carboxylic acids is 1. The van der Waals surface area contributed by atoms with Gasteiger partial charge in [-0.05, 0) is 48.5 Å². The van der Waals surface area contributed by atoms with Crippen molar-refractivity contribution in [1.29, 1.82) is 0 Å². The standard InChI is InChI=1S/C20H16F2N4O3/c1-24-10-11-25-18(24)16(17(27)23-14-6-2-12(21)3-7-14)19(28)26(20(25)29)15-8-4-13(22)5-9-15/h2-9H,10-11H2,1H3,(H,23,27). The van der Waals surface area contributed by atoms with Crippen LogP contribution in [0.15, 0.2) is 58.1 Å². The van der Waals surface area contributed by atoms with Gasteiger partial charge in [-0.25, -0.2) is 18.1 Å². The minimum atomic E-state index is -0.818. The van der Waals surface area contributed by atoms with Crippen LogP contribution in [0.2, 0.25) is 0 Å². The number of likely N-dealkylation sites (N-methyl/N-ethyl adjacent to an activating group) is 1. The van der Waals surface area contributed by atoms with Crippen molar-refractivity contribution in [3.63, 3.8) is 0 Å². The number of nitrogens with one attached hydrogen (secondary N) is 1. The SMILES string of the molecule is CN1CCn2c1c(C(=O)Nc1ccc(F)cc1)c(=O)n(-c1ccc(F)cc1)c2=O. The quantitative estimate of drug-likeness (QED) is 0.732. The van der Waals surface area contributed by atoms with Gasteiger partial charge in [-0.15, -0.1) is 0 Å². The lowest BCUT2D eigenvalue weighted by molar-refractivity contribution is 0.102. The predicted octanol–water partition coefficient (Wildman–Crippen LogP) is 1.98. The molecule has 2 heterocycles. The van der Waals surface area contributed by atoms with E-state index >= 15 is 0 Å². The first kappa shape index (κ1) is 18.6. The van der Waals surface area contributed by atoms with Crippen molar-refractivity contribution in [2.24, 2.45) is 0 Å². The highest BCUT2D eigenvalue weighted by atomic mass is 19.1. The van der Waals surface area contributed by atoms with E-state index in [1.54, 1.807) is 11.9 Å². The van der Waals surface area contributed by atoms with Crippen LogP contribution in [0.4, 0.5) is 20.3 Å². The van der Waals surface area contributed by atoms with Crippen molar-refractivity contribution in [3.8, 4) is 5.69 Å². The normalized spacial score (nSPS) is 12.7. The van der Waals surface area contributed by atoms with E-state index < -0.39 is 28.8 Å². The van der Waals surface area contributed by atoms with E-state index in [0.29, 0.717) is 18.8 Å². The van der Waals surface area contributed by atoms with Crippen LogP contribution in [0.1, 0.15) is 10.4 Å². The van der Waals surface area contributed by atoms with E-state index in [1.807, 2.05) is 0 Å². The lowest BCUT2D eigenvalue weighted by Gasteiger charge is -2.17. The Labute approximate surface area is 163 Å². The second-order valence-corrected chi connectivity index (χ2v) is 6.63. The molecule has 4 rings (SSSR count). The number of aromatic nitrogens is 2. The molecule has 2 aromatic carbocycles. The Kier molecular flexibility index (Phi) is 4.50. The van der Waals surface area contributed by atoms with Crippen LogP contribution in [0.25, 0.3) is 5.69 Å². The van der Waals surface area contributed by atoms with Crippen molar-refractivity contribution < 1.29 is 13.6 Å². The molecule has 0 fully saturated rings. The van der Waals surface area contributed by atoms with Crippen molar-refractivity contribution in [1.82, 2.24) is 9.13 Å². The molecule has 0 saturated carbocycles. The summed E-state index contributed by atoms with van der Waals surface area (Å²) in [6.07, 6.45) is 0. The Morgan fingerprint density at radius 3 is 2.14 bits per heavy atom. The fourth-order valence-electron chi connectivity index (χ4n) is 3.34. The first-order chi connectivity index (χ1) is 13.9. The van der Waals surface area contributed by atoms with Gasteiger partial charge in [0.15, 0.2) is 0 Å². The van der Waals surface area contributed by atoms with Gasteiger partial charge in [0.25, 0.3) is 11.5 Å². The van der Waals surface area contributed by atoms with E-state index in [2.05, 4.69) is 5.32 Å². The highest BCUT2D eigenvalue weighted by Gasteiger charge is 2.30. The van der Waals surface area contributed by atoms with Crippen LogP contribution in [-0.4, -0.2) is 28.6 Å². The Bertz CT molecular complexity index is 1210. The summed E-state index contributed by atoms with van der Waals surface area (Å²) in [5.41, 5.74) is -1.20. The molecule has 1 N–H and O–H groups in total. The molecule has 1 amide bonds. The summed E-state index contributed by atoms with van der Waals surface area (Å²) in [6, 6.07) is 9.94. The third kappa shape index (κ3) is 3.20. The maximum absolute atomic E-state index is 13.3. The first-order valence-corrected chi connectivity index (χ1v) is 8.80. The van der Waals surface area contributed by atoms with E-state index in [4.69, 9.17) is 0 Å². The summed E-state index contributed by atoms with van der Waals surface area (Å²) in [7, 11) is 1.68. The lowest BCUT2D eigenvalue weighted by Crippen LogP contribution is -2.42. The molecule has 0 unspecified atom stereocenters. The van der Waals surface area contributed by atoms with Gasteiger partial charge in [-0.1, -0.05) is 0 Å². The highest BCUT2D eigenvalue weighted by molar-refractivity contribution is 6.07. The van der Waals surface area contributed by atoms with Crippen molar-refractivity contribution in [2.75, 3.05) is 23.8 Å². The van der Waals surface area contributed by atoms with Crippen LogP contribution in [-0.2, 0) is 6.54 Å². The third-order valence-electron chi connectivity index (χ3n) is 4.75. The summed E-state index contributed by atoms with van der Waals surface area (Å²) < 4.78 is 28.6. The van der Waals surface area contributed by atoms with Crippen molar-refractivity contribution in [2.45, 2.75) is 6.54 Å². The topological polar surface area (TPSA) is 76.3 Å². The zero-order valence-electron chi connectivity index (χ0n) is 15.4. The number of carbonyl (C=O) groups is 1. The molecule has 1 aromatic heterocycles. The van der Waals surface area contributed by atoms with Gasteiger partial charge in [0, 0.05) is 25.8 Å². The summed E-state index contributed by atoms with van der Waals surface area (Å²) in [4.78, 5) is 40.7. The number of nitrogens with zero attached hydrogens (tertiary/aromatic N) is 3. The lowest BCUT2D eigenvalue weighted by atomic mass is 10.2. The second kappa shape index (κ2) is 7.01. The van der Waals surface area contributed by atoms with E-state index in [1.165, 1.54) is 41.0 Å². The van der Waals surface area contributed by atoms with E-state index in [0.717, 1.165) is 16.7 Å². The number of hydrogen-bond acceptors (Lipinski definition) is 4. The van der Waals surface area contributed by atoms with E-state index in [9.17, 15) is 23.2 Å². The van der Waals surface area contributed by atoms with Gasteiger partial charge in [-0.2, -0.15) is 0 Å². The minimum Gasteiger partial charge on any atom is -0.358 e. The monoisotopic (exact) mass is 398 g/mol. The average Bonchev–Trinajstić information content (AvgIpc) is 3.07. The Morgan fingerprint density at radius 2 is 1.52 bits per heavy atom. The average molecular weight is 398 g/mol. The van der Waals surface area contributed by atoms with Gasteiger partial charge >= 0.3 is 5.69 Å². The zero-order valence-corrected chi connectivity index (χ0v) is 15.4. The molecule has 1 aliphatic heterocycles. The summed E-state index contributed by atoms with van der Waals surface area (Å²) in [5, 5.41) is 2.56. The number of benzene rings is 2. The van der Waals surface area contributed by atoms with Gasteiger partial charge < -0.3 is 10.2 Å². The molecular weight excluding hydrogens is 382 g/mol. The molecule has 3 aromatic rings. The van der Waals surface area contributed by atoms with Crippen molar-refractivity contribution >= 4 is 17.4 Å². The summed E-state index contributed by atoms with van der Waals surface area (Å²) >= 11 is 0. The molecule has 148 valence electrons. The minimum absolute atomic E-state index is 0.155. The Hall–Kier alpha value is -3.75. The van der Waals surface area contributed by atoms with Crippen LogP contribution < -0.4 is 21.5 Å². The van der Waals surface area contributed by atoms with Crippen LogP contribution >= 0.6 is 0 Å². The Morgan fingerprint density at radius 1 is 0.931 bits per heavy atom. The number of fused-ring (bicyclic) bond motifs is 1. The summed E-state index contributed by atoms with van der Waals surface area (Å²) in [5.74, 6) is -1.50. The largest absolute Gasteiger partial charge is 0.358 e. The molecule has 0 aliphatic carbocycles. The first-order valence-electron chi connectivity index (χ1n) is 8.80. The van der Waals surface area contributed by atoms with Crippen LogP contribution in [0, 0.1) is 11.6 Å². The highest BCUT2D eigenvalue weighted by Crippen LogP contribution is 2.22. The molecule has 0 atom stereocenters. The zero-order chi connectivity index (χ0) is 20.7. The van der Waals surface area contributed by atoms with Gasteiger partial charge in [0.1, 0.15) is 23.0 Å². The molecule has 1 aliphatic rings. The molecule has 9 heteroatoms. The van der Waals surface area contributed by atoms with E-state index in [-0.39, 0.29) is 17.1 Å². The molecule has 0 saturated heterocycles. The third-order valence-corrected chi connectivity index (χ3v) is 4.75. The molecule has 29 heavy (non-hydrogen) atoms. The smallest absolute Gasteiger partial charge is 0.337 e. The van der Waals surface area contributed by atoms with Crippen LogP contribution in [0.5, 0.6) is 0 Å². The fraction of sp³-hybridized carbons (Fsp3) is 0.150. The van der Waals surface area contributed by atoms with Gasteiger partial charge in [0.05, 0.1) is 5.69 Å². The van der Waals surface area contributed by atoms with Crippen LogP contribution in [0.3, 0.4) is 0 Å². The van der Waals surface area contributed by atoms with Crippen molar-refractivity contribution in [3.05, 3.63) is 86.6 Å². The van der Waals surface area contributed by atoms with Gasteiger partial charge in [0.2, 0.25) is 0 Å². The maximum atomic E-state index is 13.3. The Balaban J connectivity index is 1.90. The molecule has 0 radical (unpaired) electrons. The van der Waals surface area contributed by atoms with Gasteiger partial charge in [-0.3, -0.25) is 14.2 Å². The second-order valence-electron chi connectivity index (χ2n) is 6.63. The molecule has 7 nitrogen and oxygen atoms in total. The number of halogens is 2. The predicted molar refractivity (Wildman–Crippen MR) is 104 cm³/mol. The molecule has 0 bridgehead atoms. The number of anilines is 2. The summed E-state index contributed by atoms with van der Waals surface area (Å²) in [6.45, 7) is 0.738. The molecule has 0 spiro atoms. The molecular formula is C20H16F2N4O3. The fourth-order valence-corrected chi connectivity index (χ4v) is 3.34. The number of hydrogen-bond donors (Lipinski definition) is 1. The maximum Gasteiger partial charge on any atom is 0.337 e.